The Bertz CT molecular complexity index is 632. The van der Waals surface area contributed by atoms with E-state index in [9.17, 15) is 4.79 Å². The molecule has 2 rings (SSSR count). The van der Waals surface area contributed by atoms with Crippen molar-refractivity contribution in [2.75, 3.05) is 12.3 Å². The number of nitrogens with zero attached hydrogens (tertiary/aromatic N) is 1. The molecule has 1 amide bonds. The number of nitrogens with one attached hydrogen (secondary N) is 1. The summed E-state index contributed by atoms with van der Waals surface area (Å²) in [5.41, 5.74) is 7.39. The highest BCUT2D eigenvalue weighted by Gasteiger charge is 2.09. The fourth-order valence-electron chi connectivity index (χ4n) is 1.74. The predicted molar refractivity (Wildman–Crippen MR) is 81.1 cm³/mol. The number of hydrogen-bond acceptors (Lipinski definition) is 3. The van der Waals surface area contributed by atoms with Crippen LogP contribution < -0.4 is 11.1 Å². The van der Waals surface area contributed by atoms with Crippen LogP contribution in [-0.4, -0.2) is 17.4 Å². The van der Waals surface area contributed by atoms with Gasteiger partial charge in [-0.05, 0) is 30.2 Å². The number of nitrogens with two attached hydrogens (primary N) is 1. The molecule has 0 saturated heterocycles. The zero-order chi connectivity index (χ0) is 14.5. The van der Waals surface area contributed by atoms with Crippen molar-refractivity contribution in [1.29, 1.82) is 0 Å². The first kappa shape index (κ1) is 14.6. The second-order valence-corrected chi connectivity index (χ2v) is 5.05. The molecule has 0 aliphatic rings. The molecule has 0 radical (unpaired) electrons. The van der Waals surface area contributed by atoms with Crippen molar-refractivity contribution in [2.45, 2.75) is 6.42 Å². The van der Waals surface area contributed by atoms with E-state index in [1.807, 2.05) is 6.07 Å². The maximum Gasteiger partial charge on any atom is 0.253 e. The summed E-state index contributed by atoms with van der Waals surface area (Å²) in [5.74, 6) is -0.227. The lowest BCUT2D eigenvalue weighted by Gasteiger charge is -2.08. The molecule has 0 aliphatic carbocycles. The molecule has 1 heterocycles. The highest BCUT2D eigenvalue weighted by atomic mass is 35.5. The average Bonchev–Trinajstić information content (AvgIpc) is 2.41. The third-order valence-corrected chi connectivity index (χ3v) is 3.38. The molecule has 104 valence electrons. The van der Waals surface area contributed by atoms with Crippen molar-refractivity contribution in [3.8, 4) is 0 Å². The topological polar surface area (TPSA) is 68.0 Å². The van der Waals surface area contributed by atoms with Gasteiger partial charge in [-0.3, -0.25) is 9.78 Å². The molecule has 0 fully saturated rings. The van der Waals surface area contributed by atoms with Crippen LogP contribution in [0.5, 0.6) is 0 Å². The van der Waals surface area contributed by atoms with Gasteiger partial charge in [-0.15, -0.1) is 0 Å². The molecule has 1 aromatic carbocycles. The van der Waals surface area contributed by atoms with E-state index in [1.54, 1.807) is 18.2 Å². The summed E-state index contributed by atoms with van der Waals surface area (Å²) < 4.78 is 0. The Morgan fingerprint density at radius 1 is 1.30 bits per heavy atom. The van der Waals surface area contributed by atoms with Crippen LogP contribution in [0.25, 0.3) is 0 Å². The Morgan fingerprint density at radius 3 is 2.80 bits per heavy atom. The summed E-state index contributed by atoms with van der Waals surface area (Å²) in [6.07, 6.45) is 3.60. The quantitative estimate of drug-likeness (QED) is 0.912. The standard InChI is InChI=1S/C14H13Cl2N3O/c15-10-2-1-9(12(16)7-10)3-6-19-14(20)11-4-5-18-8-13(11)17/h1-2,4-5,7-8H,3,6,17H2,(H,19,20). The largest absolute Gasteiger partial charge is 0.397 e. The number of carbonyl (C=O) groups is 1. The van der Waals surface area contributed by atoms with Gasteiger partial charge in [0, 0.05) is 22.8 Å². The molecule has 0 atom stereocenters. The van der Waals surface area contributed by atoms with Crippen molar-refractivity contribution in [2.24, 2.45) is 0 Å². The minimum absolute atomic E-state index is 0.227. The number of rotatable bonds is 4. The third kappa shape index (κ3) is 3.62. The minimum atomic E-state index is -0.227. The molecule has 2 aromatic rings. The Kier molecular flexibility index (Phi) is 4.82. The number of anilines is 1. The number of halogens is 2. The van der Waals surface area contributed by atoms with Crippen LogP contribution in [-0.2, 0) is 6.42 Å². The predicted octanol–water partition coefficient (Wildman–Crippen LogP) is 2.94. The summed E-state index contributed by atoms with van der Waals surface area (Å²) in [5, 5.41) is 3.97. The molecule has 0 unspecified atom stereocenters. The molecule has 3 N–H and O–H groups in total. The van der Waals surface area contributed by atoms with Gasteiger partial charge in [-0.25, -0.2) is 0 Å². The number of nitrogen functional groups attached to an aromatic ring is 1. The number of pyridine rings is 1. The average molecular weight is 310 g/mol. The van der Waals surface area contributed by atoms with Gasteiger partial charge in [-0.2, -0.15) is 0 Å². The summed E-state index contributed by atoms with van der Waals surface area (Å²) in [6, 6.07) is 6.88. The Hall–Kier alpha value is -1.78. The molecule has 1 aromatic heterocycles. The number of hydrogen-bond donors (Lipinski definition) is 2. The van der Waals surface area contributed by atoms with Crippen molar-refractivity contribution in [1.82, 2.24) is 10.3 Å². The molecule has 4 nitrogen and oxygen atoms in total. The van der Waals surface area contributed by atoms with E-state index in [0.717, 1.165) is 5.56 Å². The first-order valence-electron chi connectivity index (χ1n) is 5.99. The summed E-state index contributed by atoms with van der Waals surface area (Å²) >= 11 is 11.9. The lowest BCUT2D eigenvalue weighted by molar-refractivity contribution is 0.0955. The van der Waals surface area contributed by atoms with Gasteiger partial charge in [0.25, 0.3) is 5.91 Å². The SMILES string of the molecule is Nc1cnccc1C(=O)NCCc1ccc(Cl)cc1Cl. The number of benzene rings is 1. The Balaban J connectivity index is 1.93. The lowest BCUT2D eigenvalue weighted by Crippen LogP contribution is -2.26. The number of carbonyl (C=O) groups excluding carboxylic acids is 1. The summed E-state index contributed by atoms with van der Waals surface area (Å²) in [7, 11) is 0. The second kappa shape index (κ2) is 6.59. The zero-order valence-corrected chi connectivity index (χ0v) is 12.1. The highest BCUT2D eigenvalue weighted by molar-refractivity contribution is 6.35. The zero-order valence-electron chi connectivity index (χ0n) is 10.6. The van der Waals surface area contributed by atoms with Crippen molar-refractivity contribution in [3.05, 3.63) is 57.8 Å². The van der Waals surface area contributed by atoms with E-state index in [4.69, 9.17) is 28.9 Å². The second-order valence-electron chi connectivity index (χ2n) is 4.20. The maximum atomic E-state index is 11.9. The van der Waals surface area contributed by atoms with Crippen LogP contribution in [0, 0.1) is 0 Å². The first-order chi connectivity index (χ1) is 9.58. The van der Waals surface area contributed by atoms with Gasteiger partial charge in [-0.1, -0.05) is 29.3 Å². The highest BCUT2D eigenvalue weighted by Crippen LogP contribution is 2.21. The fourth-order valence-corrected chi connectivity index (χ4v) is 2.25. The molecular formula is C14H13Cl2N3O. The third-order valence-electron chi connectivity index (χ3n) is 2.79. The van der Waals surface area contributed by atoms with Crippen LogP contribution in [0.1, 0.15) is 15.9 Å². The summed E-state index contributed by atoms with van der Waals surface area (Å²) in [4.78, 5) is 15.8. The van der Waals surface area contributed by atoms with Gasteiger partial charge in [0.2, 0.25) is 0 Å². The number of amides is 1. The van der Waals surface area contributed by atoms with Gasteiger partial charge >= 0.3 is 0 Å². The first-order valence-corrected chi connectivity index (χ1v) is 6.75. The van der Waals surface area contributed by atoms with Crippen LogP contribution >= 0.6 is 23.2 Å². The van der Waals surface area contributed by atoms with Crippen molar-refractivity contribution < 1.29 is 4.79 Å². The van der Waals surface area contributed by atoms with Gasteiger partial charge in [0.1, 0.15) is 0 Å². The molecule has 0 bridgehead atoms. The summed E-state index contributed by atoms with van der Waals surface area (Å²) in [6.45, 7) is 0.460. The molecular weight excluding hydrogens is 297 g/mol. The molecule has 0 spiro atoms. The van der Waals surface area contributed by atoms with Gasteiger partial charge < -0.3 is 11.1 Å². The van der Waals surface area contributed by atoms with Crippen molar-refractivity contribution in [3.63, 3.8) is 0 Å². The van der Waals surface area contributed by atoms with E-state index < -0.39 is 0 Å². The smallest absolute Gasteiger partial charge is 0.253 e. The van der Waals surface area contributed by atoms with E-state index in [1.165, 1.54) is 12.4 Å². The van der Waals surface area contributed by atoms with E-state index >= 15 is 0 Å². The van der Waals surface area contributed by atoms with E-state index in [-0.39, 0.29) is 5.91 Å². The van der Waals surface area contributed by atoms with Crippen LogP contribution in [0.3, 0.4) is 0 Å². The Morgan fingerprint density at radius 2 is 2.10 bits per heavy atom. The van der Waals surface area contributed by atoms with Crippen LogP contribution in [0.15, 0.2) is 36.7 Å². The molecule has 20 heavy (non-hydrogen) atoms. The normalized spacial score (nSPS) is 10.3. The van der Waals surface area contributed by atoms with Gasteiger partial charge in [0.05, 0.1) is 17.4 Å². The van der Waals surface area contributed by atoms with E-state index in [2.05, 4.69) is 10.3 Å². The fraction of sp³-hybridized carbons (Fsp3) is 0.143. The molecule has 0 saturated carbocycles. The Labute approximate surface area is 126 Å². The van der Waals surface area contributed by atoms with Crippen LogP contribution in [0.4, 0.5) is 5.69 Å². The lowest BCUT2D eigenvalue weighted by atomic mass is 10.1. The van der Waals surface area contributed by atoms with Gasteiger partial charge in [0.15, 0.2) is 0 Å². The van der Waals surface area contributed by atoms with Crippen LogP contribution in [0.2, 0.25) is 10.0 Å². The minimum Gasteiger partial charge on any atom is -0.397 e. The van der Waals surface area contributed by atoms with Crippen molar-refractivity contribution >= 4 is 34.8 Å². The molecule has 0 aliphatic heterocycles. The number of aromatic nitrogens is 1. The monoisotopic (exact) mass is 309 g/mol. The molecule has 6 heteroatoms. The van der Waals surface area contributed by atoms with E-state index in [0.29, 0.717) is 34.3 Å². The maximum absolute atomic E-state index is 11.9.